The van der Waals surface area contributed by atoms with Gasteiger partial charge in [0.1, 0.15) is 0 Å². The fourth-order valence-corrected chi connectivity index (χ4v) is 3.56. The van der Waals surface area contributed by atoms with E-state index in [4.69, 9.17) is 0 Å². The van der Waals surface area contributed by atoms with Crippen LogP contribution in [0.25, 0.3) is 0 Å². The summed E-state index contributed by atoms with van der Waals surface area (Å²) in [6, 6.07) is 0. The number of guanidine groups is 2. The first-order valence-electron chi connectivity index (χ1n) is 9.49. The van der Waals surface area contributed by atoms with Crippen LogP contribution in [0.2, 0.25) is 0 Å². The minimum absolute atomic E-state index is 0. The van der Waals surface area contributed by atoms with Crippen molar-refractivity contribution in [3.63, 3.8) is 0 Å². The summed E-state index contributed by atoms with van der Waals surface area (Å²) in [6.45, 7) is 17.8. The van der Waals surface area contributed by atoms with E-state index in [-0.39, 0.29) is 74.5 Å². The van der Waals surface area contributed by atoms with Gasteiger partial charge >= 0.3 is 11.9 Å². The van der Waals surface area contributed by atoms with Gasteiger partial charge in [0.25, 0.3) is 0 Å². The van der Waals surface area contributed by atoms with Crippen molar-refractivity contribution in [3.05, 3.63) is 0 Å². The van der Waals surface area contributed by atoms with Crippen LogP contribution in [0.3, 0.4) is 0 Å². The fourth-order valence-electron chi connectivity index (χ4n) is 3.56. The molecular weight excluding hydrogens is 487 g/mol. The maximum absolute atomic E-state index is 2.40. The molecule has 0 unspecified atom stereocenters. The topological polar surface area (TPSA) is 176 Å². The number of halogens is 2. The van der Waals surface area contributed by atoms with Crippen molar-refractivity contribution < 1.29 is 48.9 Å². The van der Waals surface area contributed by atoms with Gasteiger partial charge in [-0.3, -0.25) is 28.8 Å². The van der Waals surface area contributed by atoms with E-state index in [9.17, 15) is 0 Å². The van der Waals surface area contributed by atoms with Crippen molar-refractivity contribution in [3.8, 4) is 0 Å². The van der Waals surface area contributed by atoms with Gasteiger partial charge in [0.2, 0.25) is 0 Å². The second-order valence-electron chi connectivity index (χ2n) is 6.63. The number of hydrogen-bond donors (Lipinski definition) is 0. The van der Waals surface area contributed by atoms with Gasteiger partial charge in [0, 0.05) is 0 Å². The SMILES string of the molecule is C.C.C.CCN(CC)C1=[N+](C)CCN1C.CCN(CC)C1=[N+](C)CCN1C.Cl.O.O.O.O.O.[Cl-]. The van der Waals surface area contributed by atoms with E-state index in [1.165, 1.54) is 11.9 Å². The van der Waals surface area contributed by atoms with Gasteiger partial charge in [0.05, 0.1) is 80.5 Å². The molecule has 2 aliphatic heterocycles. The van der Waals surface area contributed by atoms with Gasteiger partial charge in [-0.2, -0.15) is 0 Å². The van der Waals surface area contributed by atoms with Crippen LogP contribution >= 0.6 is 12.4 Å². The third-order valence-electron chi connectivity index (χ3n) is 5.00. The third-order valence-corrected chi connectivity index (χ3v) is 5.00. The Bertz CT molecular complexity index is 439. The van der Waals surface area contributed by atoms with Crippen LogP contribution in [0.15, 0.2) is 0 Å². The van der Waals surface area contributed by atoms with Gasteiger partial charge in [-0.25, -0.2) is 0 Å². The zero-order valence-electron chi connectivity index (χ0n) is 20.6. The quantitative estimate of drug-likeness (QED) is 0.322. The smallest absolute Gasteiger partial charge is 0.350 e. The van der Waals surface area contributed by atoms with E-state index in [0.717, 1.165) is 52.4 Å². The first-order valence-corrected chi connectivity index (χ1v) is 9.49. The molecule has 220 valence electrons. The standard InChI is InChI=1S/2C9H20N3.3CH4.2ClH.5H2O/c2*1-5-12(6-2)9-10(3)7-8-11(9)4;;;;;;;;;;/h2*5-8H2,1-4H3;3*1H4;2*1H;5*1H2/q2*+1;;;;;;;;;;/p-1. The average Bonchev–Trinajstić information content (AvgIpc) is 3.08. The first-order chi connectivity index (χ1) is 11.4. The summed E-state index contributed by atoms with van der Waals surface area (Å²) in [5, 5.41) is 0. The van der Waals surface area contributed by atoms with Crippen LogP contribution in [-0.4, -0.2) is 149 Å². The Labute approximate surface area is 223 Å². The molecule has 11 nitrogen and oxygen atoms in total. The molecule has 0 aliphatic carbocycles. The lowest BCUT2D eigenvalue weighted by Crippen LogP contribution is -3.00. The van der Waals surface area contributed by atoms with Crippen molar-refractivity contribution >= 4 is 24.3 Å². The van der Waals surface area contributed by atoms with Crippen molar-refractivity contribution in [2.45, 2.75) is 50.0 Å². The van der Waals surface area contributed by atoms with E-state index in [0.29, 0.717) is 0 Å². The molecule has 0 fully saturated rings. The van der Waals surface area contributed by atoms with Crippen LogP contribution in [0.4, 0.5) is 0 Å². The molecule has 0 bridgehead atoms. The normalized spacial score (nSPS) is 12.4. The summed E-state index contributed by atoms with van der Waals surface area (Å²) >= 11 is 0. The maximum atomic E-state index is 2.40. The molecule has 2 heterocycles. The summed E-state index contributed by atoms with van der Waals surface area (Å²) in [5.74, 6) is 2.75. The molecule has 2 aliphatic rings. The highest BCUT2D eigenvalue weighted by Gasteiger charge is 2.29. The Morgan fingerprint density at radius 1 is 0.618 bits per heavy atom. The molecular formula is C21H63Cl2N6O5+. The van der Waals surface area contributed by atoms with Crippen LogP contribution in [0, 0.1) is 0 Å². The average molecular weight is 551 g/mol. The van der Waals surface area contributed by atoms with Crippen LogP contribution in [0.5, 0.6) is 0 Å². The van der Waals surface area contributed by atoms with Crippen LogP contribution < -0.4 is 12.4 Å². The van der Waals surface area contributed by atoms with Gasteiger partial charge in [-0.1, -0.05) is 22.3 Å². The zero-order valence-corrected chi connectivity index (χ0v) is 22.2. The highest BCUT2D eigenvalue weighted by atomic mass is 35.5. The van der Waals surface area contributed by atoms with Crippen molar-refractivity contribution in [2.24, 2.45) is 0 Å². The predicted molar refractivity (Wildman–Crippen MR) is 149 cm³/mol. The van der Waals surface area contributed by atoms with Gasteiger partial charge in [-0.15, -0.1) is 12.4 Å². The largest absolute Gasteiger partial charge is 1.00 e. The Balaban J connectivity index is -0.0000000327. The zero-order chi connectivity index (χ0) is 18.3. The lowest BCUT2D eigenvalue weighted by atomic mass is 10.5. The fraction of sp³-hybridized carbons (Fsp3) is 0.905. The van der Waals surface area contributed by atoms with Gasteiger partial charge < -0.3 is 39.8 Å². The Morgan fingerprint density at radius 3 is 0.941 bits per heavy atom. The number of likely N-dealkylation sites (N-methyl/N-ethyl adjacent to an activating group) is 4. The molecule has 0 saturated heterocycles. The van der Waals surface area contributed by atoms with Crippen molar-refractivity contribution in [1.82, 2.24) is 19.6 Å². The molecule has 0 saturated carbocycles. The summed E-state index contributed by atoms with van der Waals surface area (Å²) < 4.78 is 4.65. The molecule has 0 amide bonds. The molecule has 34 heavy (non-hydrogen) atoms. The second kappa shape index (κ2) is 31.9. The molecule has 10 N–H and O–H groups in total. The van der Waals surface area contributed by atoms with E-state index >= 15 is 0 Å². The number of nitrogens with zero attached hydrogens (tertiary/aromatic N) is 6. The molecule has 0 radical (unpaired) electrons. The molecule has 2 rings (SSSR count). The van der Waals surface area contributed by atoms with E-state index in [1.807, 2.05) is 0 Å². The first kappa shape index (κ1) is 63.8. The van der Waals surface area contributed by atoms with Crippen molar-refractivity contribution in [1.29, 1.82) is 0 Å². The Kier molecular flexibility index (Phi) is 59.9. The molecule has 0 aromatic carbocycles. The summed E-state index contributed by atoms with van der Waals surface area (Å²) in [5.41, 5.74) is 0. The van der Waals surface area contributed by atoms with E-state index in [2.05, 4.69) is 84.6 Å². The van der Waals surface area contributed by atoms with Crippen LogP contribution in [0.1, 0.15) is 50.0 Å². The highest BCUT2D eigenvalue weighted by Crippen LogP contribution is 2.03. The van der Waals surface area contributed by atoms with Crippen LogP contribution in [-0.2, 0) is 0 Å². The maximum Gasteiger partial charge on any atom is 0.350 e. The summed E-state index contributed by atoms with van der Waals surface area (Å²) in [6.07, 6.45) is 0. The molecule has 13 heteroatoms. The second-order valence-corrected chi connectivity index (χ2v) is 6.63. The number of rotatable bonds is 4. The molecule has 0 spiro atoms. The third kappa shape index (κ3) is 16.5. The lowest BCUT2D eigenvalue weighted by molar-refractivity contribution is -0.491. The lowest BCUT2D eigenvalue weighted by Gasteiger charge is -2.19. The van der Waals surface area contributed by atoms with E-state index in [1.54, 1.807) is 0 Å². The Morgan fingerprint density at radius 2 is 0.824 bits per heavy atom. The van der Waals surface area contributed by atoms with E-state index < -0.39 is 0 Å². The monoisotopic (exact) mass is 549 g/mol. The molecule has 0 atom stereocenters. The summed E-state index contributed by atoms with van der Waals surface area (Å²) in [4.78, 5) is 9.44. The van der Waals surface area contributed by atoms with Gasteiger partial charge in [0.15, 0.2) is 0 Å². The highest BCUT2D eigenvalue weighted by molar-refractivity contribution is 5.85. The number of hydrogen-bond acceptors (Lipinski definition) is 4. The van der Waals surface area contributed by atoms with Gasteiger partial charge in [-0.05, 0) is 27.7 Å². The minimum Gasteiger partial charge on any atom is -1.00 e. The molecule has 0 aromatic rings. The van der Waals surface area contributed by atoms with Crippen molar-refractivity contribution in [2.75, 3.05) is 80.5 Å². The summed E-state index contributed by atoms with van der Waals surface area (Å²) in [7, 11) is 8.66. The predicted octanol–water partition coefficient (Wildman–Crippen LogP) is -4.25. The molecule has 0 aromatic heterocycles. The Hall–Kier alpha value is -1.08. The minimum atomic E-state index is 0.